The first-order chi connectivity index (χ1) is 16.1. The molecule has 0 bridgehead atoms. The molecule has 0 fully saturated rings. The highest BCUT2D eigenvalue weighted by atomic mass is 16.2. The summed E-state index contributed by atoms with van der Waals surface area (Å²) in [5, 5.41) is 0. The summed E-state index contributed by atoms with van der Waals surface area (Å²) >= 11 is 0. The average Bonchev–Trinajstić information content (AvgIpc) is 2.84. The van der Waals surface area contributed by atoms with Crippen LogP contribution in [-0.2, 0) is 4.79 Å². The highest BCUT2D eigenvalue weighted by molar-refractivity contribution is 5.99. The molecule has 33 heavy (non-hydrogen) atoms. The summed E-state index contributed by atoms with van der Waals surface area (Å²) in [6, 6.07) is 0. The van der Waals surface area contributed by atoms with Gasteiger partial charge in [-0.25, -0.2) is 0 Å². The van der Waals surface area contributed by atoms with Crippen LogP contribution in [0.3, 0.4) is 0 Å². The van der Waals surface area contributed by atoms with Crippen molar-refractivity contribution >= 4 is 23.8 Å². The molecule has 1 rings (SSSR count). The number of rotatable bonds is 19. The number of nitrogens with zero attached hydrogens (tertiary/aromatic N) is 6. The maximum absolute atomic E-state index is 12.7. The maximum Gasteiger partial charge on any atom is 0.252 e. The van der Waals surface area contributed by atoms with Crippen LogP contribution in [0.15, 0.2) is 12.7 Å². The molecule has 0 saturated heterocycles. The molecule has 188 valence electrons. The molecule has 0 atom stereocenters. The Morgan fingerprint density at radius 3 is 1.30 bits per heavy atom. The Hall–Kier alpha value is -2.18. The van der Waals surface area contributed by atoms with Crippen LogP contribution in [0.4, 0.5) is 17.8 Å². The van der Waals surface area contributed by atoms with Crippen molar-refractivity contribution in [1.29, 1.82) is 0 Å². The molecular formula is C26H48N6O. The Morgan fingerprint density at radius 2 is 0.970 bits per heavy atom. The Bertz CT molecular complexity index is 626. The Balaban J connectivity index is 3.53. The molecule has 0 unspecified atom stereocenters. The molecule has 0 aromatic carbocycles. The minimum absolute atomic E-state index is 0.158. The Labute approximate surface area is 202 Å². The third kappa shape index (κ3) is 10.1. The zero-order valence-corrected chi connectivity index (χ0v) is 22.0. The van der Waals surface area contributed by atoms with Crippen LogP contribution in [0.2, 0.25) is 0 Å². The van der Waals surface area contributed by atoms with Gasteiger partial charge >= 0.3 is 0 Å². The molecule has 0 aliphatic rings. The van der Waals surface area contributed by atoms with Crippen molar-refractivity contribution in [1.82, 2.24) is 15.0 Å². The van der Waals surface area contributed by atoms with Crippen molar-refractivity contribution in [3.8, 4) is 0 Å². The fourth-order valence-corrected chi connectivity index (χ4v) is 3.50. The lowest BCUT2D eigenvalue weighted by atomic mass is 10.2. The van der Waals surface area contributed by atoms with E-state index >= 15 is 0 Å². The first-order valence-electron chi connectivity index (χ1n) is 13.3. The van der Waals surface area contributed by atoms with Gasteiger partial charge in [-0.2, -0.15) is 15.0 Å². The van der Waals surface area contributed by atoms with Crippen LogP contribution in [0.25, 0.3) is 0 Å². The molecule has 7 heteroatoms. The molecule has 1 aromatic heterocycles. The van der Waals surface area contributed by atoms with E-state index < -0.39 is 0 Å². The van der Waals surface area contributed by atoms with Crippen molar-refractivity contribution in [3.05, 3.63) is 12.7 Å². The minimum Gasteiger partial charge on any atom is -0.341 e. The number of hydrogen-bond donors (Lipinski definition) is 0. The topological polar surface area (TPSA) is 65.5 Å². The lowest BCUT2D eigenvalue weighted by molar-refractivity contribution is -0.114. The van der Waals surface area contributed by atoms with Crippen LogP contribution in [-0.4, -0.2) is 53.6 Å². The second-order valence-corrected chi connectivity index (χ2v) is 8.67. The van der Waals surface area contributed by atoms with Crippen molar-refractivity contribution in [3.63, 3.8) is 0 Å². The molecule has 1 aromatic rings. The second kappa shape index (κ2) is 17.3. The fourth-order valence-electron chi connectivity index (χ4n) is 3.50. The minimum atomic E-state index is -0.158. The Kier molecular flexibility index (Phi) is 15.1. The third-order valence-corrected chi connectivity index (χ3v) is 5.71. The summed E-state index contributed by atoms with van der Waals surface area (Å²) in [6.07, 6.45) is 12.0. The normalized spacial score (nSPS) is 10.8. The third-order valence-electron chi connectivity index (χ3n) is 5.71. The fraction of sp³-hybridized carbons (Fsp3) is 0.769. The SMILES string of the molecule is C=CC(=O)N(CCCC)c1nc(N(CCCC)CCCC)nc(N(CCCC)CCCC)n1. The average molecular weight is 461 g/mol. The first kappa shape index (κ1) is 28.9. The smallest absolute Gasteiger partial charge is 0.252 e. The summed E-state index contributed by atoms with van der Waals surface area (Å²) in [4.78, 5) is 33.6. The van der Waals surface area contributed by atoms with Gasteiger partial charge in [0.15, 0.2) is 0 Å². The van der Waals surface area contributed by atoms with Gasteiger partial charge in [-0.1, -0.05) is 73.3 Å². The van der Waals surface area contributed by atoms with Gasteiger partial charge in [-0.05, 0) is 38.2 Å². The van der Waals surface area contributed by atoms with E-state index in [1.165, 1.54) is 6.08 Å². The van der Waals surface area contributed by atoms with E-state index in [1.807, 2.05) is 0 Å². The number of amides is 1. The lowest BCUT2D eigenvalue weighted by Crippen LogP contribution is -2.36. The van der Waals surface area contributed by atoms with E-state index in [4.69, 9.17) is 15.0 Å². The van der Waals surface area contributed by atoms with E-state index in [0.29, 0.717) is 24.4 Å². The quantitative estimate of drug-likeness (QED) is 0.236. The van der Waals surface area contributed by atoms with Crippen molar-refractivity contribution in [2.75, 3.05) is 47.4 Å². The molecule has 7 nitrogen and oxygen atoms in total. The standard InChI is InChI=1S/C26H48N6O/c1-7-13-18-30(19-14-8-2)24-27-25(31(20-15-9-3)21-16-10-4)29-26(28-24)32(22-17-11-5)23(33)12-6/h12H,6-11,13-22H2,1-5H3. The van der Waals surface area contributed by atoms with Crippen molar-refractivity contribution in [2.45, 2.75) is 98.8 Å². The van der Waals surface area contributed by atoms with Gasteiger partial charge in [0.2, 0.25) is 17.8 Å². The van der Waals surface area contributed by atoms with Crippen molar-refractivity contribution < 1.29 is 4.79 Å². The number of unbranched alkanes of at least 4 members (excludes halogenated alkanes) is 5. The molecule has 0 radical (unpaired) electrons. The van der Waals surface area contributed by atoms with Crippen LogP contribution in [0, 0.1) is 0 Å². The highest BCUT2D eigenvalue weighted by Gasteiger charge is 2.22. The van der Waals surface area contributed by atoms with Crippen LogP contribution in [0.1, 0.15) is 98.8 Å². The molecule has 0 N–H and O–H groups in total. The number of hydrogen-bond acceptors (Lipinski definition) is 6. The van der Waals surface area contributed by atoms with Gasteiger partial charge < -0.3 is 9.80 Å². The van der Waals surface area contributed by atoms with Gasteiger partial charge in [-0.15, -0.1) is 0 Å². The zero-order valence-electron chi connectivity index (χ0n) is 22.0. The van der Waals surface area contributed by atoms with Crippen LogP contribution < -0.4 is 14.7 Å². The van der Waals surface area contributed by atoms with Crippen LogP contribution in [0.5, 0.6) is 0 Å². The maximum atomic E-state index is 12.7. The predicted molar refractivity (Wildman–Crippen MR) is 141 cm³/mol. The van der Waals surface area contributed by atoms with E-state index in [1.54, 1.807) is 4.90 Å². The number of carbonyl (C=O) groups is 1. The van der Waals surface area contributed by atoms with E-state index in [0.717, 1.165) is 90.4 Å². The molecular weight excluding hydrogens is 412 g/mol. The van der Waals surface area contributed by atoms with Gasteiger partial charge in [0, 0.05) is 32.7 Å². The zero-order chi connectivity index (χ0) is 24.5. The summed E-state index contributed by atoms with van der Waals surface area (Å²) in [7, 11) is 0. The lowest BCUT2D eigenvalue weighted by Gasteiger charge is -2.28. The molecule has 0 saturated carbocycles. The molecule has 1 heterocycles. The van der Waals surface area contributed by atoms with E-state index in [9.17, 15) is 4.79 Å². The molecule has 0 aliphatic carbocycles. The van der Waals surface area contributed by atoms with Crippen molar-refractivity contribution in [2.24, 2.45) is 0 Å². The van der Waals surface area contributed by atoms with Gasteiger partial charge in [0.1, 0.15) is 0 Å². The monoisotopic (exact) mass is 460 g/mol. The molecule has 0 spiro atoms. The van der Waals surface area contributed by atoms with E-state index in [-0.39, 0.29) is 5.91 Å². The highest BCUT2D eigenvalue weighted by Crippen LogP contribution is 2.22. The molecule has 1 amide bonds. The first-order valence-corrected chi connectivity index (χ1v) is 13.3. The summed E-state index contributed by atoms with van der Waals surface area (Å²) in [6.45, 7) is 18.9. The van der Waals surface area contributed by atoms with E-state index in [2.05, 4.69) is 51.0 Å². The summed E-state index contributed by atoms with van der Waals surface area (Å²) < 4.78 is 0. The summed E-state index contributed by atoms with van der Waals surface area (Å²) in [5.41, 5.74) is 0. The van der Waals surface area contributed by atoms with Gasteiger partial charge in [0.25, 0.3) is 5.91 Å². The number of carbonyl (C=O) groups excluding carboxylic acids is 1. The predicted octanol–water partition coefficient (Wildman–Crippen LogP) is 6.00. The molecule has 0 aliphatic heterocycles. The van der Waals surface area contributed by atoms with Gasteiger partial charge in [0.05, 0.1) is 0 Å². The van der Waals surface area contributed by atoms with Gasteiger partial charge in [-0.3, -0.25) is 9.69 Å². The Morgan fingerprint density at radius 1 is 0.636 bits per heavy atom. The van der Waals surface area contributed by atoms with Crippen LogP contribution >= 0.6 is 0 Å². The number of aromatic nitrogens is 3. The second-order valence-electron chi connectivity index (χ2n) is 8.67. The largest absolute Gasteiger partial charge is 0.341 e. The number of anilines is 3. The summed E-state index contributed by atoms with van der Waals surface area (Å²) in [5.74, 6) is 1.67.